The zero-order valence-corrected chi connectivity index (χ0v) is 16.9. The second-order valence-corrected chi connectivity index (χ2v) is 7.40. The van der Waals surface area contributed by atoms with Crippen LogP contribution in [-0.4, -0.2) is 27.6 Å². The largest absolute Gasteiger partial charge is 0.389 e. The number of fused-ring (bicyclic) bond motifs is 1. The van der Waals surface area contributed by atoms with Gasteiger partial charge in [-0.25, -0.2) is 4.68 Å². The Kier molecular flexibility index (Phi) is 6.02. The first-order chi connectivity index (χ1) is 14.6. The van der Waals surface area contributed by atoms with Crippen molar-refractivity contribution in [1.82, 2.24) is 9.78 Å². The molecule has 4 rings (SSSR count). The minimum Gasteiger partial charge on any atom is -0.389 e. The van der Waals surface area contributed by atoms with E-state index < -0.39 is 6.10 Å². The first kappa shape index (κ1) is 20.0. The number of hydrogen-bond donors (Lipinski definition) is 1. The molecule has 0 fully saturated rings. The first-order valence-electron chi connectivity index (χ1n) is 9.98. The summed E-state index contributed by atoms with van der Waals surface area (Å²) >= 11 is 0. The van der Waals surface area contributed by atoms with E-state index in [1.165, 1.54) is 4.68 Å². The molecular formula is C25H24N2O3. The lowest BCUT2D eigenvalue weighted by Gasteiger charge is -2.15. The normalized spacial score (nSPS) is 12.2. The van der Waals surface area contributed by atoms with Crippen LogP contribution in [0.15, 0.2) is 83.7 Å². The molecule has 0 aliphatic rings. The summed E-state index contributed by atoms with van der Waals surface area (Å²) in [4.78, 5) is 12.9. The van der Waals surface area contributed by atoms with Gasteiger partial charge < -0.3 is 9.84 Å². The summed E-state index contributed by atoms with van der Waals surface area (Å²) in [7, 11) is 0. The Labute approximate surface area is 175 Å². The van der Waals surface area contributed by atoms with Crippen LogP contribution in [0.4, 0.5) is 0 Å². The molecule has 0 aliphatic heterocycles. The van der Waals surface area contributed by atoms with E-state index in [-0.39, 0.29) is 18.7 Å². The minimum absolute atomic E-state index is 0.0668. The Morgan fingerprint density at radius 1 is 0.933 bits per heavy atom. The maximum atomic E-state index is 12.9. The van der Waals surface area contributed by atoms with Gasteiger partial charge in [0, 0.05) is 10.9 Å². The molecule has 5 heteroatoms. The van der Waals surface area contributed by atoms with Crippen LogP contribution < -0.4 is 5.56 Å². The van der Waals surface area contributed by atoms with Crippen LogP contribution in [-0.2, 0) is 17.9 Å². The molecule has 1 aromatic heterocycles. The Morgan fingerprint density at radius 2 is 1.60 bits per heavy atom. The van der Waals surface area contributed by atoms with Gasteiger partial charge in [0.15, 0.2) is 0 Å². The van der Waals surface area contributed by atoms with Crippen LogP contribution >= 0.6 is 0 Å². The monoisotopic (exact) mass is 400 g/mol. The molecule has 4 aromatic rings. The average Bonchev–Trinajstić information content (AvgIpc) is 2.77. The van der Waals surface area contributed by atoms with Crippen molar-refractivity contribution >= 4 is 10.8 Å². The minimum atomic E-state index is -0.842. The van der Waals surface area contributed by atoms with Crippen LogP contribution in [0.5, 0.6) is 0 Å². The summed E-state index contributed by atoms with van der Waals surface area (Å²) in [5.41, 5.74) is 3.63. The molecule has 5 nitrogen and oxygen atoms in total. The maximum Gasteiger partial charge on any atom is 0.274 e. The quantitative estimate of drug-likeness (QED) is 0.510. The zero-order chi connectivity index (χ0) is 20.9. The number of benzene rings is 3. The fraction of sp³-hybridized carbons (Fsp3) is 0.200. The predicted octanol–water partition coefficient (Wildman–Crippen LogP) is 3.95. The summed E-state index contributed by atoms with van der Waals surface area (Å²) in [6.45, 7) is 2.63. The van der Waals surface area contributed by atoms with Crippen molar-refractivity contribution < 1.29 is 9.84 Å². The standard InChI is InChI=1S/C25H24N2O3/c1-18-11-13-20(14-12-18)24-22-9-5-6-10-23(22)25(29)27(26-24)15-21(28)17-30-16-19-7-3-2-4-8-19/h2-14,21,28H,15-17H2,1H3. The number of rotatable bonds is 7. The lowest BCUT2D eigenvalue weighted by Crippen LogP contribution is -2.31. The van der Waals surface area contributed by atoms with Gasteiger partial charge in [-0.3, -0.25) is 4.79 Å². The van der Waals surface area contributed by atoms with Gasteiger partial charge in [0.1, 0.15) is 0 Å². The lowest BCUT2D eigenvalue weighted by molar-refractivity contribution is 0.0181. The van der Waals surface area contributed by atoms with Crippen LogP contribution in [0.1, 0.15) is 11.1 Å². The van der Waals surface area contributed by atoms with Crippen LogP contribution in [0.3, 0.4) is 0 Å². The van der Waals surface area contributed by atoms with Crippen molar-refractivity contribution in [3.63, 3.8) is 0 Å². The summed E-state index contributed by atoms with van der Waals surface area (Å²) in [6.07, 6.45) is -0.842. The van der Waals surface area contributed by atoms with E-state index in [2.05, 4.69) is 5.10 Å². The maximum absolute atomic E-state index is 12.9. The fourth-order valence-electron chi connectivity index (χ4n) is 3.42. The van der Waals surface area contributed by atoms with Crippen molar-refractivity contribution in [3.05, 3.63) is 100 Å². The molecule has 0 amide bonds. The van der Waals surface area contributed by atoms with Crippen LogP contribution in [0, 0.1) is 6.92 Å². The van der Waals surface area contributed by atoms with E-state index >= 15 is 0 Å². The summed E-state index contributed by atoms with van der Waals surface area (Å²) in [5, 5.41) is 16.4. The van der Waals surface area contributed by atoms with Crippen molar-refractivity contribution in [2.24, 2.45) is 0 Å². The number of aryl methyl sites for hydroxylation is 1. The van der Waals surface area contributed by atoms with Crippen molar-refractivity contribution in [2.45, 2.75) is 26.2 Å². The molecular weight excluding hydrogens is 376 g/mol. The van der Waals surface area contributed by atoms with Gasteiger partial charge in [0.25, 0.3) is 5.56 Å². The third kappa shape index (κ3) is 4.48. The van der Waals surface area contributed by atoms with Crippen LogP contribution in [0.25, 0.3) is 22.0 Å². The number of hydrogen-bond acceptors (Lipinski definition) is 4. The van der Waals surface area contributed by atoms with Gasteiger partial charge in [0.05, 0.1) is 36.9 Å². The molecule has 1 heterocycles. The molecule has 0 radical (unpaired) electrons. The predicted molar refractivity (Wildman–Crippen MR) is 118 cm³/mol. The number of nitrogens with zero attached hydrogens (tertiary/aromatic N) is 2. The number of aromatic nitrogens is 2. The summed E-state index contributed by atoms with van der Waals surface area (Å²) < 4.78 is 6.96. The van der Waals surface area contributed by atoms with Crippen molar-refractivity contribution in [3.8, 4) is 11.3 Å². The van der Waals surface area contributed by atoms with Gasteiger partial charge in [-0.15, -0.1) is 0 Å². The SMILES string of the molecule is Cc1ccc(-c2nn(CC(O)COCc3ccccc3)c(=O)c3ccccc23)cc1. The molecule has 0 aliphatic carbocycles. The molecule has 1 N–H and O–H groups in total. The summed E-state index contributed by atoms with van der Waals surface area (Å²) in [5.74, 6) is 0. The topological polar surface area (TPSA) is 64.3 Å². The van der Waals surface area contributed by atoms with E-state index in [9.17, 15) is 9.90 Å². The van der Waals surface area contributed by atoms with E-state index in [0.29, 0.717) is 12.0 Å². The number of aliphatic hydroxyl groups is 1. The zero-order valence-electron chi connectivity index (χ0n) is 16.9. The van der Waals surface area contributed by atoms with Crippen molar-refractivity contribution in [1.29, 1.82) is 0 Å². The van der Waals surface area contributed by atoms with Gasteiger partial charge in [-0.05, 0) is 18.6 Å². The van der Waals surface area contributed by atoms with E-state index in [1.54, 1.807) is 6.07 Å². The van der Waals surface area contributed by atoms with Gasteiger partial charge in [0.2, 0.25) is 0 Å². The molecule has 0 saturated heterocycles. The second kappa shape index (κ2) is 9.03. The van der Waals surface area contributed by atoms with E-state index in [4.69, 9.17) is 4.74 Å². The highest BCUT2D eigenvalue weighted by Crippen LogP contribution is 2.24. The highest BCUT2D eigenvalue weighted by atomic mass is 16.5. The Morgan fingerprint density at radius 3 is 2.33 bits per heavy atom. The molecule has 0 spiro atoms. The van der Waals surface area contributed by atoms with Gasteiger partial charge >= 0.3 is 0 Å². The highest BCUT2D eigenvalue weighted by Gasteiger charge is 2.15. The molecule has 0 saturated carbocycles. The molecule has 0 bridgehead atoms. The molecule has 30 heavy (non-hydrogen) atoms. The number of aliphatic hydroxyl groups excluding tert-OH is 1. The van der Waals surface area contributed by atoms with E-state index in [1.807, 2.05) is 79.7 Å². The molecule has 1 atom stereocenters. The third-order valence-electron chi connectivity index (χ3n) is 5.00. The van der Waals surface area contributed by atoms with Gasteiger partial charge in [-0.1, -0.05) is 78.4 Å². The second-order valence-electron chi connectivity index (χ2n) is 7.40. The van der Waals surface area contributed by atoms with E-state index in [0.717, 1.165) is 27.8 Å². The van der Waals surface area contributed by atoms with Crippen LogP contribution in [0.2, 0.25) is 0 Å². The Bertz CT molecular complexity index is 1180. The lowest BCUT2D eigenvalue weighted by atomic mass is 10.0. The smallest absolute Gasteiger partial charge is 0.274 e. The molecule has 152 valence electrons. The summed E-state index contributed by atoms with van der Waals surface area (Å²) in [6, 6.07) is 25.3. The third-order valence-corrected chi connectivity index (χ3v) is 5.00. The number of ether oxygens (including phenoxy) is 1. The molecule has 3 aromatic carbocycles. The average molecular weight is 400 g/mol. The Hall–Kier alpha value is -3.28. The highest BCUT2D eigenvalue weighted by molar-refractivity contribution is 5.93. The van der Waals surface area contributed by atoms with Gasteiger partial charge in [-0.2, -0.15) is 5.10 Å². The van der Waals surface area contributed by atoms with Crippen molar-refractivity contribution in [2.75, 3.05) is 6.61 Å². The molecule has 1 unspecified atom stereocenters. The first-order valence-corrected chi connectivity index (χ1v) is 9.98. The fourth-order valence-corrected chi connectivity index (χ4v) is 3.42. The Balaban J connectivity index is 1.58.